The summed E-state index contributed by atoms with van der Waals surface area (Å²) < 4.78 is 0. The van der Waals surface area contributed by atoms with Gasteiger partial charge in [0.15, 0.2) is 0 Å². The molecule has 0 fully saturated rings. The number of hydrogen-bond donors (Lipinski definition) is 22. The van der Waals surface area contributed by atoms with Gasteiger partial charge in [0, 0.05) is 87.9 Å². The number of aliphatic carboxylic acids is 1. The van der Waals surface area contributed by atoms with Crippen LogP contribution in [-0.4, -0.2) is 233 Å². The van der Waals surface area contributed by atoms with Crippen LogP contribution in [0.4, 0.5) is 0 Å². The Hall–Kier alpha value is -12.4. The predicted molar refractivity (Wildman–Crippen MR) is 421 cm³/mol. The third-order valence-corrected chi connectivity index (χ3v) is 18.5. The van der Waals surface area contributed by atoms with Crippen LogP contribution in [-0.2, 0) is 102 Å². The van der Waals surface area contributed by atoms with Crippen molar-refractivity contribution in [2.75, 3.05) is 13.2 Å². The number of para-hydroxylation sites is 1. The number of nitrogens with zero attached hydrogens (tertiary/aromatic N) is 1. The van der Waals surface area contributed by atoms with E-state index >= 15 is 14.4 Å². The molecule has 0 aliphatic rings. The molecular weight excluding hydrogens is 1520 g/mol. The van der Waals surface area contributed by atoms with E-state index in [-0.39, 0.29) is 80.7 Å². The summed E-state index contributed by atoms with van der Waals surface area (Å²) in [7, 11) is 0. The summed E-state index contributed by atoms with van der Waals surface area (Å²) in [6.07, 6.45) is -2.92. The lowest BCUT2D eigenvalue weighted by Crippen LogP contribution is -2.62. The smallest absolute Gasteiger partial charge is 0.303 e. The number of phenols is 1. The Kier molecular flexibility index (Phi) is 38.6. The average Bonchev–Trinajstić information content (AvgIpc) is 1.66. The number of amides is 15. The van der Waals surface area contributed by atoms with Crippen molar-refractivity contribution in [1.82, 2.24) is 84.1 Å². The number of carbonyl (C=O) groups is 16. The standard InChI is InChI=1S/C78H110N18O21/c1-40(2)30-56(85-45(8)101)75(114)95-65(42(5)98)77(116)93-59(32-46-16-10-9-11-17-46)71(110)88-55(26-28-64(104)105)70(109)92-61(35-49-37-81-39-84-49)74(113)90-58(33-47-21-23-50(102)24-22-47)72(111)91-60(34-48-36-83-52-19-13-12-18-51(48)52)73(112)86-53(20-14-15-29-82-44(7)100)68(107)87-54(25-27-63(79)103)69(108)89-57(31-41(3)4)76(115)96-66(43(6)99)78(117)94-62(38-97)67(80)106/h9-13,16-19,21-24,36-37,39-43,53-62,65-66,83,97-99,102H,14-15,20,25-35,38H2,1-8H3,(H2,79,103)(H2,80,106)(H,81,84)(H,82,100)(H,85,101)(H,86,112)(H,87,107)(H,88,110)(H,89,108)(H,90,113)(H,91,111)(H,92,109)(H,93,116)(H,94,117)(H,95,114)(H,96,115)(H,104,105)/t42-,43-,53+,54+,55+,56+,57+,58+,59+,60+,61+,62+,65+,66+/m1/s1. The molecular formula is C78H110N18O21. The van der Waals surface area contributed by atoms with Gasteiger partial charge in [-0.05, 0) is 106 Å². The zero-order valence-electron chi connectivity index (χ0n) is 66.5. The Labute approximate surface area is 674 Å². The lowest BCUT2D eigenvalue weighted by atomic mass is 10.00. The van der Waals surface area contributed by atoms with E-state index in [0.29, 0.717) is 27.6 Å². The number of aliphatic hydroxyl groups excluding tert-OH is 3. The zero-order valence-corrected chi connectivity index (χ0v) is 66.5. The van der Waals surface area contributed by atoms with Crippen LogP contribution < -0.4 is 80.6 Å². The number of nitrogens with one attached hydrogen (secondary N) is 15. The first-order chi connectivity index (χ1) is 55.3. The molecule has 0 aliphatic carbocycles. The molecule has 0 unspecified atom stereocenters. The Balaban J connectivity index is 1.54. The van der Waals surface area contributed by atoms with E-state index in [1.807, 2.05) is 0 Å². The first-order valence-electron chi connectivity index (χ1n) is 38.3. The van der Waals surface area contributed by atoms with Crippen molar-refractivity contribution in [1.29, 1.82) is 0 Å². The molecule has 24 N–H and O–H groups in total. The number of imidazole rings is 1. The number of H-pyrrole nitrogens is 2. The number of hydrogen-bond acceptors (Lipinski definition) is 21. The molecule has 0 saturated carbocycles. The molecule has 3 aromatic carbocycles. The first-order valence-corrected chi connectivity index (χ1v) is 38.3. The highest BCUT2D eigenvalue weighted by Gasteiger charge is 2.39. The van der Waals surface area contributed by atoms with Gasteiger partial charge in [-0.2, -0.15) is 0 Å². The van der Waals surface area contributed by atoms with E-state index in [4.69, 9.17) is 11.5 Å². The van der Waals surface area contributed by atoms with Crippen LogP contribution in [0.1, 0.15) is 136 Å². The van der Waals surface area contributed by atoms with Crippen molar-refractivity contribution >= 4 is 105 Å². The summed E-state index contributed by atoms with van der Waals surface area (Å²) in [5, 5.41) is 84.9. The minimum absolute atomic E-state index is 0.0935. The molecule has 0 spiro atoms. The van der Waals surface area contributed by atoms with E-state index in [9.17, 15) is 87.9 Å². The molecule has 0 radical (unpaired) electrons. The van der Waals surface area contributed by atoms with Crippen LogP contribution in [0.25, 0.3) is 10.9 Å². The number of carbonyl (C=O) groups excluding carboxylic acids is 15. The molecule has 2 heterocycles. The minimum Gasteiger partial charge on any atom is -0.508 e. The van der Waals surface area contributed by atoms with Gasteiger partial charge < -0.3 is 116 Å². The zero-order chi connectivity index (χ0) is 86.8. The quantitative estimate of drug-likeness (QED) is 0.0168. The molecule has 39 nitrogen and oxygen atoms in total. The summed E-state index contributed by atoms with van der Waals surface area (Å²) in [6, 6.07) is 0.730. The Morgan fingerprint density at radius 1 is 0.436 bits per heavy atom. The molecule has 0 aliphatic heterocycles. The fourth-order valence-electron chi connectivity index (χ4n) is 12.4. The van der Waals surface area contributed by atoms with Crippen molar-refractivity contribution in [2.24, 2.45) is 23.3 Å². The number of unbranched alkanes of at least 4 members (excludes halogenated alkanes) is 1. The fourth-order valence-corrected chi connectivity index (χ4v) is 12.4. The summed E-state index contributed by atoms with van der Waals surface area (Å²) in [5.41, 5.74) is 12.8. The van der Waals surface area contributed by atoms with Gasteiger partial charge in [-0.3, -0.25) is 76.7 Å². The number of rotatable bonds is 50. The number of aromatic hydroxyl groups is 1. The molecule has 15 amide bonds. The van der Waals surface area contributed by atoms with Crippen molar-refractivity contribution < 1.29 is 102 Å². The maximum Gasteiger partial charge on any atom is 0.303 e. The second-order valence-electron chi connectivity index (χ2n) is 29.4. The SMILES string of the molecule is CC(=O)NCCCC[C@H](NC(=O)[C@H](Cc1c[nH]c2ccccc12)NC(=O)[C@H](Cc1ccc(O)cc1)NC(=O)[C@H](Cc1cnc[nH]1)NC(=O)[C@H](CCC(=O)O)NC(=O)[C@H](Cc1ccccc1)NC(=O)[C@@H](NC(=O)[C@H](CC(C)C)NC(C)=O)[C@@H](C)O)C(=O)N[C@@H](CCC(N)=O)C(=O)N[C@@H](CC(C)C)C(=O)N[C@H](C(=O)N[C@@H](CO)C(N)=O)[C@@H](C)O. The van der Waals surface area contributed by atoms with E-state index in [0.717, 1.165) is 6.92 Å². The van der Waals surface area contributed by atoms with Crippen LogP contribution in [0.5, 0.6) is 5.75 Å². The number of phenolic OH excluding ortho intramolecular Hbond substituents is 1. The third-order valence-electron chi connectivity index (χ3n) is 18.5. The monoisotopic (exact) mass is 1630 g/mol. The largest absolute Gasteiger partial charge is 0.508 e. The number of aromatic nitrogens is 3. The molecule has 5 aromatic rings. The molecule has 0 saturated heterocycles. The third kappa shape index (κ3) is 32.8. The van der Waals surface area contributed by atoms with E-state index < -0.39 is 219 Å². The van der Waals surface area contributed by atoms with Gasteiger partial charge in [-0.1, -0.05) is 88.4 Å². The highest BCUT2D eigenvalue weighted by Crippen LogP contribution is 2.21. The number of nitrogens with two attached hydrogens (primary N) is 2. The van der Waals surface area contributed by atoms with E-state index in [1.54, 1.807) is 88.5 Å². The maximum absolute atomic E-state index is 15.4. The molecule has 0 bridgehead atoms. The van der Waals surface area contributed by atoms with Crippen molar-refractivity contribution in [3.63, 3.8) is 0 Å². The number of aliphatic hydroxyl groups is 3. The second kappa shape index (κ2) is 47.5. The molecule has 2 aromatic heterocycles. The van der Waals surface area contributed by atoms with Gasteiger partial charge in [0.25, 0.3) is 0 Å². The van der Waals surface area contributed by atoms with Gasteiger partial charge in [0.2, 0.25) is 88.6 Å². The van der Waals surface area contributed by atoms with Crippen molar-refractivity contribution in [3.05, 3.63) is 120 Å². The van der Waals surface area contributed by atoms with Gasteiger partial charge in [0.05, 0.1) is 25.1 Å². The lowest BCUT2D eigenvalue weighted by molar-refractivity contribution is -0.139. The predicted octanol–water partition coefficient (Wildman–Crippen LogP) is -3.53. The number of aromatic amines is 2. The van der Waals surface area contributed by atoms with E-state index in [2.05, 4.69) is 84.1 Å². The lowest BCUT2D eigenvalue weighted by Gasteiger charge is -2.29. The Bertz CT molecular complexity index is 4220. The van der Waals surface area contributed by atoms with E-state index in [1.165, 1.54) is 57.6 Å². The van der Waals surface area contributed by atoms with Crippen LogP contribution in [0.15, 0.2) is 97.6 Å². The van der Waals surface area contributed by atoms with Gasteiger partial charge >= 0.3 is 5.97 Å². The number of carboxylic acid groups (broad SMARTS) is 1. The highest BCUT2D eigenvalue weighted by molar-refractivity contribution is 6.01. The molecule has 14 atom stereocenters. The van der Waals surface area contributed by atoms with Gasteiger partial charge in [0.1, 0.15) is 78.3 Å². The molecule has 117 heavy (non-hydrogen) atoms. The molecule has 39 heteroatoms. The average molecular weight is 1640 g/mol. The van der Waals surface area contributed by atoms with Crippen LogP contribution in [0.3, 0.4) is 0 Å². The fraction of sp³-hybridized carbons (Fsp3) is 0.500. The number of primary amides is 2. The normalized spacial score (nSPS) is 14.8. The summed E-state index contributed by atoms with van der Waals surface area (Å²) >= 11 is 0. The summed E-state index contributed by atoms with van der Waals surface area (Å²) in [4.78, 5) is 231. The molecule has 638 valence electrons. The topological polar surface area (TPSA) is 627 Å². The second-order valence-corrected chi connectivity index (χ2v) is 29.4. The van der Waals surface area contributed by atoms with Gasteiger partial charge in [-0.25, -0.2) is 4.98 Å². The highest BCUT2D eigenvalue weighted by atomic mass is 16.4. The summed E-state index contributed by atoms with van der Waals surface area (Å²) in [6.45, 7) is 10.9. The van der Waals surface area contributed by atoms with Crippen LogP contribution >= 0.6 is 0 Å². The minimum atomic E-state index is -1.82. The maximum atomic E-state index is 15.4. The Morgan fingerprint density at radius 2 is 0.855 bits per heavy atom. The van der Waals surface area contributed by atoms with Crippen molar-refractivity contribution in [2.45, 2.75) is 224 Å². The number of carboxylic acids is 1. The summed E-state index contributed by atoms with van der Waals surface area (Å²) in [5.74, 6) is -16.8. The molecule has 5 rings (SSSR count). The van der Waals surface area contributed by atoms with Crippen molar-refractivity contribution in [3.8, 4) is 5.75 Å². The Morgan fingerprint density at radius 3 is 1.31 bits per heavy atom. The van der Waals surface area contributed by atoms with Crippen LogP contribution in [0, 0.1) is 11.8 Å². The van der Waals surface area contributed by atoms with Gasteiger partial charge in [-0.15, -0.1) is 0 Å². The van der Waals surface area contributed by atoms with Crippen LogP contribution in [0.2, 0.25) is 0 Å². The number of fused-ring (bicyclic) bond motifs is 1. The number of benzene rings is 3. The first kappa shape index (κ1) is 95.2.